The van der Waals surface area contributed by atoms with Gasteiger partial charge in [0, 0.05) is 0 Å². The van der Waals surface area contributed by atoms with Gasteiger partial charge in [-0.1, -0.05) is 105 Å². The molecule has 0 aromatic heterocycles. The van der Waals surface area contributed by atoms with Gasteiger partial charge in [-0.05, 0) is 12.3 Å². The molecule has 1 rings (SSSR count). The highest BCUT2D eigenvalue weighted by Gasteiger charge is 1.95. The van der Waals surface area contributed by atoms with Crippen molar-refractivity contribution in [3.05, 3.63) is 35.9 Å². The molecular formula is C18H38. The molecule has 0 radical (unpaired) electrons. The molecule has 0 spiro atoms. The van der Waals surface area contributed by atoms with E-state index in [1.807, 2.05) is 32.0 Å². The number of hydrogen-bond acceptors (Lipinski definition) is 0. The Balaban J connectivity index is -0.0000000798. The SMILES string of the molecule is C.CC.CC(C)(C)C.CCC.Cc1ccccc1. The summed E-state index contributed by atoms with van der Waals surface area (Å²) in [6, 6.07) is 10.3. The lowest BCUT2D eigenvalue weighted by molar-refractivity contribution is 0.469. The minimum atomic E-state index is 0. The van der Waals surface area contributed by atoms with Crippen molar-refractivity contribution in [1.82, 2.24) is 0 Å². The normalized spacial score (nSPS) is 8.06. The van der Waals surface area contributed by atoms with Crippen LogP contribution < -0.4 is 0 Å². The summed E-state index contributed by atoms with van der Waals surface area (Å²) in [6.07, 6.45) is 1.25. The van der Waals surface area contributed by atoms with Gasteiger partial charge in [0.25, 0.3) is 0 Å². The Morgan fingerprint density at radius 3 is 1.17 bits per heavy atom. The first-order valence-corrected chi connectivity index (χ1v) is 6.82. The van der Waals surface area contributed by atoms with Gasteiger partial charge in [0.2, 0.25) is 0 Å². The monoisotopic (exact) mass is 254 g/mol. The van der Waals surface area contributed by atoms with Gasteiger partial charge in [-0.2, -0.15) is 0 Å². The third kappa shape index (κ3) is 59.0. The van der Waals surface area contributed by atoms with Crippen LogP contribution in [0.3, 0.4) is 0 Å². The molecule has 0 heterocycles. The van der Waals surface area contributed by atoms with Crippen LogP contribution in [-0.2, 0) is 0 Å². The highest BCUT2D eigenvalue weighted by Crippen LogP contribution is 2.08. The van der Waals surface area contributed by atoms with Crippen molar-refractivity contribution in [2.45, 2.75) is 76.2 Å². The Hall–Kier alpha value is -0.780. The molecule has 0 saturated carbocycles. The predicted octanol–water partition coefficient (Wildman–Crippen LogP) is 7.13. The fourth-order valence-electron chi connectivity index (χ4n) is 0.534. The molecule has 0 aliphatic rings. The van der Waals surface area contributed by atoms with Crippen LogP contribution in [-0.4, -0.2) is 0 Å². The molecule has 0 atom stereocenters. The summed E-state index contributed by atoms with van der Waals surface area (Å²) in [5.41, 5.74) is 1.82. The van der Waals surface area contributed by atoms with Crippen molar-refractivity contribution in [3.8, 4) is 0 Å². The Morgan fingerprint density at radius 2 is 1.06 bits per heavy atom. The second kappa shape index (κ2) is 18.6. The Bertz CT molecular complexity index is 197. The summed E-state index contributed by atoms with van der Waals surface area (Å²) in [5.74, 6) is 0. The quantitative estimate of drug-likeness (QED) is 0.462. The van der Waals surface area contributed by atoms with Crippen LogP contribution in [0.2, 0.25) is 0 Å². The Kier molecular flexibility index (Phi) is 26.8. The lowest BCUT2D eigenvalue weighted by Crippen LogP contribution is -1.93. The summed E-state index contributed by atoms with van der Waals surface area (Å²) in [7, 11) is 0. The van der Waals surface area contributed by atoms with E-state index in [2.05, 4.69) is 60.6 Å². The number of benzene rings is 1. The minimum absolute atomic E-state index is 0. The standard InChI is InChI=1S/C7H8.C5H12.C3H8.C2H6.CH4/c1-7-5-3-2-4-6-7;1-5(2,3)4;1-3-2;1-2;/h2-6H,1H3;1-4H3;3H2,1-2H3;1-2H3;1H4. The van der Waals surface area contributed by atoms with E-state index in [4.69, 9.17) is 0 Å². The highest BCUT2D eigenvalue weighted by molar-refractivity contribution is 5.11. The fraction of sp³-hybridized carbons (Fsp3) is 0.667. The number of rotatable bonds is 0. The maximum absolute atomic E-state index is 2.19. The topological polar surface area (TPSA) is 0 Å². The van der Waals surface area contributed by atoms with Crippen LogP contribution in [0.5, 0.6) is 0 Å². The molecule has 110 valence electrons. The molecule has 18 heavy (non-hydrogen) atoms. The van der Waals surface area contributed by atoms with Crippen LogP contribution in [0.15, 0.2) is 30.3 Å². The first-order valence-electron chi connectivity index (χ1n) is 6.82. The lowest BCUT2D eigenvalue weighted by atomic mass is 10.0. The highest BCUT2D eigenvalue weighted by atomic mass is 14.0. The molecule has 0 aliphatic heterocycles. The Morgan fingerprint density at radius 1 is 0.833 bits per heavy atom. The van der Waals surface area contributed by atoms with Crippen molar-refractivity contribution < 1.29 is 0 Å². The van der Waals surface area contributed by atoms with E-state index in [-0.39, 0.29) is 7.43 Å². The van der Waals surface area contributed by atoms with Crippen molar-refractivity contribution in [2.24, 2.45) is 5.41 Å². The maximum Gasteiger partial charge on any atom is -0.0398 e. The van der Waals surface area contributed by atoms with E-state index in [1.54, 1.807) is 0 Å². The zero-order valence-electron chi connectivity index (χ0n) is 13.6. The van der Waals surface area contributed by atoms with Crippen molar-refractivity contribution >= 4 is 0 Å². The van der Waals surface area contributed by atoms with E-state index in [1.165, 1.54) is 12.0 Å². The predicted molar refractivity (Wildman–Crippen MR) is 90.4 cm³/mol. The third-order valence-corrected chi connectivity index (χ3v) is 0.940. The average Bonchev–Trinajstić information content (AvgIpc) is 2.20. The average molecular weight is 255 g/mol. The maximum atomic E-state index is 2.19. The van der Waals surface area contributed by atoms with Crippen LogP contribution in [0, 0.1) is 12.3 Å². The molecule has 0 fully saturated rings. The van der Waals surface area contributed by atoms with Gasteiger partial charge in [-0.25, -0.2) is 0 Å². The summed E-state index contributed by atoms with van der Waals surface area (Å²) < 4.78 is 0. The first-order chi connectivity index (χ1) is 7.81. The van der Waals surface area contributed by atoms with Gasteiger partial charge in [0.05, 0.1) is 0 Å². The molecule has 1 aromatic carbocycles. The summed E-state index contributed by atoms with van der Waals surface area (Å²) in [6.45, 7) is 19.1. The third-order valence-electron chi connectivity index (χ3n) is 0.940. The van der Waals surface area contributed by atoms with Crippen LogP contribution >= 0.6 is 0 Å². The molecular weight excluding hydrogens is 216 g/mol. The van der Waals surface area contributed by atoms with Gasteiger partial charge in [0.1, 0.15) is 0 Å². The summed E-state index contributed by atoms with van der Waals surface area (Å²) in [5, 5.41) is 0. The molecule has 0 nitrogen and oxygen atoms in total. The molecule has 0 bridgehead atoms. The molecule has 0 aliphatic carbocycles. The van der Waals surface area contributed by atoms with E-state index >= 15 is 0 Å². The van der Waals surface area contributed by atoms with Crippen LogP contribution in [0.4, 0.5) is 0 Å². The van der Waals surface area contributed by atoms with Crippen molar-refractivity contribution in [2.75, 3.05) is 0 Å². The molecule has 0 heteroatoms. The fourth-order valence-corrected chi connectivity index (χ4v) is 0.534. The van der Waals surface area contributed by atoms with E-state index < -0.39 is 0 Å². The number of aryl methyl sites for hydroxylation is 1. The molecule has 1 aromatic rings. The molecule has 0 N–H and O–H groups in total. The zero-order valence-corrected chi connectivity index (χ0v) is 13.6. The summed E-state index contributed by atoms with van der Waals surface area (Å²) >= 11 is 0. The minimum Gasteiger partial charge on any atom is -0.0776 e. The van der Waals surface area contributed by atoms with Gasteiger partial charge in [0.15, 0.2) is 0 Å². The smallest absolute Gasteiger partial charge is 0.0398 e. The van der Waals surface area contributed by atoms with Crippen molar-refractivity contribution in [3.63, 3.8) is 0 Å². The largest absolute Gasteiger partial charge is 0.0776 e. The molecule has 0 amide bonds. The number of hydrogen-bond donors (Lipinski definition) is 0. The zero-order chi connectivity index (χ0) is 14.3. The van der Waals surface area contributed by atoms with Crippen LogP contribution in [0.25, 0.3) is 0 Å². The summed E-state index contributed by atoms with van der Waals surface area (Å²) in [4.78, 5) is 0. The first kappa shape index (κ1) is 25.9. The molecule has 0 unspecified atom stereocenters. The van der Waals surface area contributed by atoms with E-state index in [0.29, 0.717) is 5.41 Å². The van der Waals surface area contributed by atoms with Gasteiger partial charge in [-0.3, -0.25) is 0 Å². The van der Waals surface area contributed by atoms with E-state index in [0.717, 1.165) is 0 Å². The van der Waals surface area contributed by atoms with Gasteiger partial charge < -0.3 is 0 Å². The molecule has 0 saturated heterocycles. The second-order valence-corrected chi connectivity index (χ2v) is 5.36. The van der Waals surface area contributed by atoms with Crippen molar-refractivity contribution in [1.29, 1.82) is 0 Å². The van der Waals surface area contributed by atoms with Gasteiger partial charge >= 0.3 is 0 Å². The Labute approximate surface area is 118 Å². The van der Waals surface area contributed by atoms with Crippen LogP contribution in [0.1, 0.15) is 74.8 Å². The lowest BCUT2D eigenvalue weighted by Gasteiger charge is -2.05. The van der Waals surface area contributed by atoms with Gasteiger partial charge in [-0.15, -0.1) is 0 Å². The second-order valence-electron chi connectivity index (χ2n) is 5.36. The van der Waals surface area contributed by atoms with E-state index in [9.17, 15) is 0 Å².